The summed E-state index contributed by atoms with van der Waals surface area (Å²) >= 11 is 1.63. The number of fused-ring (bicyclic) bond motifs is 3. The first kappa shape index (κ1) is 11.4. The van der Waals surface area contributed by atoms with Crippen molar-refractivity contribution in [3.63, 3.8) is 0 Å². The fourth-order valence-corrected chi connectivity index (χ4v) is 3.58. The lowest BCUT2D eigenvalue weighted by atomic mass is 9.93. The van der Waals surface area contributed by atoms with Crippen LogP contribution in [0.15, 0.2) is 18.2 Å². The second-order valence-electron chi connectivity index (χ2n) is 4.68. The molecule has 18 heavy (non-hydrogen) atoms. The molecule has 0 radical (unpaired) electrons. The van der Waals surface area contributed by atoms with Crippen LogP contribution in [0.25, 0.3) is 10.4 Å². The van der Waals surface area contributed by atoms with Gasteiger partial charge in [0.2, 0.25) is 0 Å². The maximum Gasteiger partial charge on any atom is 0.136 e. The highest BCUT2D eigenvalue weighted by molar-refractivity contribution is 7.15. The van der Waals surface area contributed by atoms with Crippen molar-refractivity contribution in [2.75, 3.05) is 5.73 Å². The Hall–Kier alpha value is -1.68. The van der Waals surface area contributed by atoms with Gasteiger partial charge in [-0.25, -0.2) is 4.98 Å². The summed E-state index contributed by atoms with van der Waals surface area (Å²) < 4.78 is 0. The number of nitrogens with zero attached hydrogens (tertiary/aromatic N) is 1. The highest BCUT2D eigenvalue weighted by atomic mass is 32.1. The molecular formula is C14H14N2OS. The van der Waals surface area contributed by atoms with Gasteiger partial charge >= 0.3 is 0 Å². The predicted octanol–water partition coefficient (Wildman–Crippen LogP) is 2.62. The molecule has 0 saturated heterocycles. The van der Waals surface area contributed by atoms with Gasteiger partial charge in [-0.15, -0.1) is 11.3 Å². The number of nitrogens with two attached hydrogens (primary N) is 1. The zero-order valence-electron chi connectivity index (χ0n) is 10.2. The monoisotopic (exact) mass is 258 g/mol. The van der Waals surface area contributed by atoms with Crippen molar-refractivity contribution in [1.29, 1.82) is 0 Å². The molecule has 0 saturated carbocycles. The van der Waals surface area contributed by atoms with Crippen LogP contribution in [0.1, 0.15) is 23.2 Å². The number of thiazole rings is 1. The van der Waals surface area contributed by atoms with Gasteiger partial charge in [0, 0.05) is 5.69 Å². The van der Waals surface area contributed by atoms with Crippen LogP contribution in [0.3, 0.4) is 0 Å². The normalized spacial score (nSPS) is 12.9. The van der Waals surface area contributed by atoms with E-state index in [0.717, 1.165) is 29.2 Å². The first-order valence-corrected chi connectivity index (χ1v) is 6.82. The lowest BCUT2D eigenvalue weighted by Crippen LogP contribution is -2.03. The first-order valence-electron chi connectivity index (χ1n) is 6.00. The molecule has 3 nitrogen and oxygen atoms in total. The number of aryl methyl sites for hydroxylation is 2. The highest BCUT2D eigenvalue weighted by Gasteiger charge is 2.21. The zero-order chi connectivity index (χ0) is 12.7. The van der Waals surface area contributed by atoms with E-state index in [9.17, 15) is 4.79 Å². The van der Waals surface area contributed by atoms with E-state index in [2.05, 4.69) is 11.1 Å². The van der Waals surface area contributed by atoms with Crippen LogP contribution < -0.4 is 5.73 Å². The van der Waals surface area contributed by atoms with Gasteiger partial charge in [0.25, 0.3) is 0 Å². The molecule has 0 fully saturated rings. The van der Waals surface area contributed by atoms with Crippen molar-refractivity contribution in [2.24, 2.45) is 0 Å². The SMILES string of the molecule is CC(=O)Cc1nc2c(s1)-c1cc(N)ccc1CC2. The number of hydrogen-bond acceptors (Lipinski definition) is 4. The number of anilines is 1. The Kier molecular flexibility index (Phi) is 2.67. The standard InChI is InChI=1S/C14H14N2OS/c1-8(17)6-13-16-12-5-3-9-2-4-10(15)7-11(9)14(12)18-13/h2,4,7H,3,5-6,15H2,1H3. The topological polar surface area (TPSA) is 56.0 Å². The summed E-state index contributed by atoms with van der Waals surface area (Å²) in [7, 11) is 0. The maximum absolute atomic E-state index is 11.2. The number of carbonyl (C=O) groups excluding carboxylic acids is 1. The summed E-state index contributed by atoms with van der Waals surface area (Å²) in [6.45, 7) is 1.60. The molecule has 4 heteroatoms. The smallest absolute Gasteiger partial charge is 0.136 e. The molecule has 0 spiro atoms. The second kappa shape index (κ2) is 4.21. The number of hydrogen-bond donors (Lipinski definition) is 1. The van der Waals surface area contributed by atoms with E-state index in [-0.39, 0.29) is 5.78 Å². The van der Waals surface area contributed by atoms with E-state index in [1.807, 2.05) is 12.1 Å². The second-order valence-corrected chi connectivity index (χ2v) is 5.76. The molecule has 92 valence electrons. The Bertz CT molecular complexity index is 631. The van der Waals surface area contributed by atoms with Gasteiger partial charge in [-0.05, 0) is 43.0 Å². The van der Waals surface area contributed by atoms with Crippen molar-refractivity contribution in [2.45, 2.75) is 26.2 Å². The minimum atomic E-state index is 0.161. The number of benzene rings is 1. The Morgan fingerprint density at radius 3 is 3.06 bits per heavy atom. The van der Waals surface area contributed by atoms with E-state index >= 15 is 0 Å². The average Bonchev–Trinajstić information content (AvgIpc) is 2.70. The molecule has 0 bridgehead atoms. The molecule has 0 unspecified atom stereocenters. The third kappa shape index (κ3) is 1.93. The summed E-state index contributed by atoms with van der Waals surface area (Å²) in [5.41, 5.74) is 10.3. The lowest BCUT2D eigenvalue weighted by molar-refractivity contribution is -0.116. The van der Waals surface area contributed by atoms with Gasteiger partial charge in [-0.1, -0.05) is 6.07 Å². The van der Waals surface area contributed by atoms with Crippen molar-refractivity contribution >= 4 is 22.8 Å². The predicted molar refractivity (Wildman–Crippen MR) is 73.8 cm³/mol. The van der Waals surface area contributed by atoms with Gasteiger partial charge in [-0.2, -0.15) is 0 Å². The first-order chi connectivity index (χ1) is 8.63. The number of nitrogen functional groups attached to an aromatic ring is 1. The third-order valence-electron chi connectivity index (χ3n) is 3.15. The lowest BCUT2D eigenvalue weighted by Gasteiger charge is -2.15. The van der Waals surface area contributed by atoms with Crippen LogP contribution in [0, 0.1) is 0 Å². The van der Waals surface area contributed by atoms with E-state index in [0.29, 0.717) is 6.42 Å². The maximum atomic E-state index is 11.2. The van der Waals surface area contributed by atoms with Gasteiger partial charge in [-0.3, -0.25) is 4.79 Å². The molecule has 1 aliphatic rings. The van der Waals surface area contributed by atoms with E-state index in [4.69, 9.17) is 5.73 Å². The van der Waals surface area contributed by atoms with E-state index in [1.54, 1.807) is 18.3 Å². The summed E-state index contributed by atoms with van der Waals surface area (Å²) in [4.78, 5) is 16.9. The molecule has 1 aliphatic carbocycles. The number of aromatic nitrogens is 1. The molecule has 0 atom stereocenters. The minimum absolute atomic E-state index is 0.161. The quantitative estimate of drug-likeness (QED) is 0.842. The Morgan fingerprint density at radius 1 is 1.44 bits per heavy atom. The van der Waals surface area contributed by atoms with E-state index < -0.39 is 0 Å². The molecular weight excluding hydrogens is 244 g/mol. The van der Waals surface area contributed by atoms with Gasteiger partial charge in [0.15, 0.2) is 0 Å². The third-order valence-corrected chi connectivity index (χ3v) is 4.28. The van der Waals surface area contributed by atoms with Crippen molar-refractivity contribution in [3.05, 3.63) is 34.5 Å². The van der Waals surface area contributed by atoms with Gasteiger partial charge < -0.3 is 5.73 Å². The van der Waals surface area contributed by atoms with Crippen molar-refractivity contribution < 1.29 is 4.79 Å². The minimum Gasteiger partial charge on any atom is -0.399 e. The van der Waals surface area contributed by atoms with Crippen LogP contribution in [0.2, 0.25) is 0 Å². The fraction of sp³-hybridized carbons (Fsp3) is 0.286. The highest BCUT2D eigenvalue weighted by Crippen LogP contribution is 2.38. The number of rotatable bonds is 2. The summed E-state index contributed by atoms with van der Waals surface area (Å²) in [6, 6.07) is 6.06. The van der Waals surface area contributed by atoms with Crippen molar-refractivity contribution in [1.82, 2.24) is 4.98 Å². The Labute approximate surface area is 110 Å². The van der Waals surface area contributed by atoms with Crippen molar-refractivity contribution in [3.8, 4) is 10.4 Å². The summed E-state index contributed by atoms with van der Waals surface area (Å²) in [5, 5.41) is 0.919. The van der Waals surface area contributed by atoms with Crippen LogP contribution in [0.5, 0.6) is 0 Å². The molecule has 0 aliphatic heterocycles. The Morgan fingerprint density at radius 2 is 2.28 bits per heavy atom. The summed E-state index contributed by atoms with van der Waals surface area (Å²) in [6.07, 6.45) is 2.40. The zero-order valence-corrected chi connectivity index (χ0v) is 11.0. The summed E-state index contributed by atoms with van der Waals surface area (Å²) in [5.74, 6) is 0.161. The van der Waals surface area contributed by atoms with Crippen LogP contribution in [0.4, 0.5) is 5.69 Å². The largest absolute Gasteiger partial charge is 0.399 e. The van der Waals surface area contributed by atoms with Gasteiger partial charge in [0.05, 0.1) is 17.0 Å². The number of Topliss-reactive ketones (excluding diaryl/α,β-unsaturated/α-hetero) is 1. The average molecular weight is 258 g/mol. The van der Waals surface area contributed by atoms with E-state index in [1.165, 1.54) is 16.0 Å². The van der Waals surface area contributed by atoms with Gasteiger partial charge in [0.1, 0.15) is 10.8 Å². The fourth-order valence-electron chi connectivity index (χ4n) is 2.35. The molecule has 2 N–H and O–H groups in total. The Balaban J connectivity index is 2.08. The number of ketones is 1. The molecule has 1 aromatic carbocycles. The molecule has 2 aromatic rings. The molecule has 1 heterocycles. The number of carbonyl (C=O) groups is 1. The molecule has 1 aromatic heterocycles. The molecule has 0 amide bonds. The van der Waals surface area contributed by atoms with Crippen LogP contribution in [-0.2, 0) is 24.1 Å². The van der Waals surface area contributed by atoms with Crippen LogP contribution in [-0.4, -0.2) is 10.8 Å². The van der Waals surface area contributed by atoms with Crippen LogP contribution >= 0.6 is 11.3 Å². The molecule has 3 rings (SSSR count).